The van der Waals surface area contributed by atoms with E-state index in [0.717, 1.165) is 16.8 Å². The number of halogens is 1. The summed E-state index contributed by atoms with van der Waals surface area (Å²) >= 11 is 12.4. The Kier molecular flexibility index (Phi) is 7.57. The lowest BCUT2D eigenvalue weighted by atomic mass is 10.2. The van der Waals surface area contributed by atoms with Gasteiger partial charge in [0.05, 0.1) is 17.0 Å². The number of para-hydroxylation sites is 1. The van der Waals surface area contributed by atoms with Crippen LogP contribution in [0.4, 0.5) is 10.5 Å². The van der Waals surface area contributed by atoms with Crippen LogP contribution < -0.4 is 20.2 Å². The normalized spacial score (nSPS) is 14.4. The highest BCUT2D eigenvalue weighted by molar-refractivity contribution is 8.26. The number of rotatable bonds is 7. The van der Waals surface area contributed by atoms with Crippen LogP contribution >= 0.6 is 35.6 Å². The smallest absolute Gasteiger partial charge is 0.341 e. The standard InChI is InChI=1S/C20H16ClN3O6S2/c1-29-14-8-11(7-13(21)17(14)30-10-16(25)26)9-15-18(27)24(20(31)32-15)23-19(28)22-12-5-3-2-4-6-12/h2-9H,10H2,1H3,(H,25,26)(H2,22,23,28). The first-order valence-corrected chi connectivity index (χ1v) is 10.5. The van der Waals surface area contributed by atoms with E-state index in [1.54, 1.807) is 24.3 Å². The van der Waals surface area contributed by atoms with Crippen molar-refractivity contribution in [3.8, 4) is 11.5 Å². The number of hydrazine groups is 1. The zero-order chi connectivity index (χ0) is 23.3. The quantitative estimate of drug-likeness (QED) is 0.394. The maximum atomic E-state index is 12.7. The summed E-state index contributed by atoms with van der Waals surface area (Å²) < 4.78 is 10.5. The maximum absolute atomic E-state index is 12.7. The van der Waals surface area contributed by atoms with E-state index in [1.165, 1.54) is 25.3 Å². The van der Waals surface area contributed by atoms with Gasteiger partial charge in [0.2, 0.25) is 0 Å². The highest BCUT2D eigenvalue weighted by Crippen LogP contribution is 2.38. The molecule has 2 aromatic carbocycles. The van der Waals surface area contributed by atoms with Crippen molar-refractivity contribution >= 4 is 69.6 Å². The monoisotopic (exact) mass is 493 g/mol. The largest absolute Gasteiger partial charge is 0.493 e. The van der Waals surface area contributed by atoms with Gasteiger partial charge in [-0.3, -0.25) is 4.79 Å². The van der Waals surface area contributed by atoms with Crippen molar-refractivity contribution in [2.75, 3.05) is 19.0 Å². The fourth-order valence-electron chi connectivity index (χ4n) is 2.59. The fourth-order valence-corrected chi connectivity index (χ4v) is 4.05. The summed E-state index contributed by atoms with van der Waals surface area (Å²) in [5.41, 5.74) is 3.46. The number of hydrogen-bond acceptors (Lipinski definition) is 7. The summed E-state index contributed by atoms with van der Waals surface area (Å²) in [7, 11) is 1.37. The van der Waals surface area contributed by atoms with Crippen molar-refractivity contribution in [3.63, 3.8) is 0 Å². The molecule has 2 aromatic rings. The number of carbonyl (C=O) groups excluding carboxylic acids is 2. The minimum absolute atomic E-state index is 0.0699. The number of benzene rings is 2. The minimum atomic E-state index is -1.17. The summed E-state index contributed by atoms with van der Waals surface area (Å²) in [6, 6.07) is 11.1. The van der Waals surface area contributed by atoms with E-state index in [4.69, 9.17) is 38.4 Å². The molecular weight excluding hydrogens is 478 g/mol. The van der Waals surface area contributed by atoms with Crippen LogP contribution in [0.5, 0.6) is 11.5 Å². The summed E-state index contributed by atoms with van der Waals surface area (Å²) in [4.78, 5) is 35.9. The van der Waals surface area contributed by atoms with Gasteiger partial charge in [0, 0.05) is 5.69 Å². The molecule has 32 heavy (non-hydrogen) atoms. The Morgan fingerprint density at radius 3 is 2.66 bits per heavy atom. The van der Waals surface area contributed by atoms with Crippen LogP contribution in [0.3, 0.4) is 0 Å². The Bertz CT molecular complexity index is 1110. The predicted molar refractivity (Wildman–Crippen MR) is 125 cm³/mol. The first-order chi connectivity index (χ1) is 15.3. The summed E-state index contributed by atoms with van der Waals surface area (Å²) in [6.07, 6.45) is 1.52. The van der Waals surface area contributed by atoms with Crippen LogP contribution in [0.2, 0.25) is 5.02 Å². The molecule has 0 aromatic heterocycles. The second kappa shape index (κ2) is 10.4. The van der Waals surface area contributed by atoms with Crippen molar-refractivity contribution in [2.45, 2.75) is 0 Å². The average molecular weight is 494 g/mol. The van der Waals surface area contributed by atoms with Gasteiger partial charge in [-0.15, -0.1) is 0 Å². The molecule has 1 fully saturated rings. The topological polar surface area (TPSA) is 117 Å². The van der Waals surface area contributed by atoms with Gasteiger partial charge in [-0.05, 0) is 48.1 Å². The van der Waals surface area contributed by atoms with E-state index in [-0.39, 0.29) is 25.7 Å². The average Bonchev–Trinajstić information content (AvgIpc) is 3.00. The highest BCUT2D eigenvalue weighted by Gasteiger charge is 2.33. The fraction of sp³-hybridized carbons (Fsp3) is 0.100. The molecule has 0 aliphatic carbocycles. The number of hydrogen-bond donors (Lipinski definition) is 3. The molecule has 0 atom stereocenters. The number of ether oxygens (including phenoxy) is 2. The second-order valence-electron chi connectivity index (χ2n) is 6.17. The third kappa shape index (κ3) is 5.69. The molecule has 1 aliphatic heterocycles. The van der Waals surface area contributed by atoms with E-state index < -0.39 is 24.5 Å². The molecule has 0 bridgehead atoms. The minimum Gasteiger partial charge on any atom is -0.493 e. The molecule has 3 amide bonds. The van der Waals surface area contributed by atoms with Gasteiger partial charge in [0.1, 0.15) is 0 Å². The lowest BCUT2D eigenvalue weighted by molar-refractivity contribution is -0.139. The summed E-state index contributed by atoms with van der Waals surface area (Å²) in [6.45, 7) is -0.592. The first kappa shape index (κ1) is 23.4. The Morgan fingerprint density at radius 2 is 2.00 bits per heavy atom. The SMILES string of the molecule is COc1cc(C=C2SC(=S)N(NC(=O)Nc3ccccc3)C2=O)cc(Cl)c1OCC(=O)O. The van der Waals surface area contributed by atoms with E-state index >= 15 is 0 Å². The van der Waals surface area contributed by atoms with Crippen molar-refractivity contribution < 1.29 is 29.0 Å². The van der Waals surface area contributed by atoms with Crippen LogP contribution in [0.15, 0.2) is 47.4 Å². The van der Waals surface area contributed by atoms with Gasteiger partial charge in [-0.2, -0.15) is 5.01 Å². The number of thioether (sulfide) groups is 1. The van der Waals surface area contributed by atoms with Gasteiger partial charge >= 0.3 is 12.0 Å². The Hall–Kier alpha value is -3.28. The first-order valence-electron chi connectivity index (χ1n) is 8.91. The molecule has 1 heterocycles. The highest BCUT2D eigenvalue weighted by atomic mass is 35.5. The van der Waals surface area contributed by atoms with E-state index in [0.29, 0.717) is 11.3 Å². The van der Waals surface area contributed by atoms with E-state index in [2.05, 4.69) is 10.7 Å². The Morgan fingerprint density at radius 1 is 1.28 bits per heavy atom. The zero-order valence-electron chi connectivity index (χ0n) is 16.5. The number of carbonyl (C=O) groups is 3. The molecule has 9 nitrogen and oxygen atoms in total. The number of methoxy groups -OCH3 is 1. The number of aliphatic carboxylic acids is 1. The van der Waals surface area contributed by atoms with Crippen molar-refractivity contribution in [2.24, 2.45) is 0 Å². The molecule has 0 radical (unpaired) electrons. The third-order valence-corrected chi connectivity index (χ3v) is 5.51. The number of thiocarbonyl (C=S) groups is 1. The lowest BCUT2D eigenvalue weighted by Crippen LogP contribution is -2.46. The molecule has 1 aliphatic rings. The van der Waals surface area contributed by atoms with E-state index in [1.807, 2.05) is 6.07 Å². The van der Waals surface area contributed by atoms with Gasteiger partial charge in [0.15, 0.2) is 22.4 Å². The molecule has 3 N–H and O–H groups in total. The van der Waals surface area contributed by atoms with Gasteiger partial charge in [-0.25, -0.2) is 15.0 Å². The molecule has 0 saturated carbocycles. The molecule has 0 unspecified atom stereocenters. The number of nitrogens with zero attached hydrogens (tertiary/aromatic N) is 1. The van der Waals surface area contributed by atoms with Crippen LogP contribution in [0.1, 0.15) is 5.56 Å². The van der Waals surface area contributed by atoms with Crippen LogP contribution in [-0.4, -0.2) is 46.1 Å². The molecule has 12 heteroatoms. The van der Waals surface area contributed by atoms with Gasteiger partial charge < -0.3 is 19.9 Å². The van der Waals surface area contributed by atoms with Crippen LogP contribution in [0.25, 0.3) is 6.08 Å². The summed E-state index contributed by atoms with van der Waals surface area (Å²) in [5, 5.41) is 12.5. The van der Waals surface area contributed by atoms with Crippen molar-refractivity contribution in [1.29, 1.82) is 0 Å². The zero-order valence-corrected chi connectivity index (χ0v) is 18.8. The Labute approximate surface area is 197 Å². The van der Waals surface area contributed by atoms with E-state index in [9.17, 15) is 14.4 Å². The molecule has 1 saturated heterocycles. The van der Waals surface area contributed by atoms with Crippen LogP contribution in [0, 0.1) is 0 Å². The molecule has 166 valence electrons. The van der Waals surface area contributed by atoms with Crippen molar-refractivity contribution in [1.82, 2.24) is 10.4 Å². The number of nitrogens with one attached hydrogen (secondary N) is 2. The van der Waals surface area contributed by atoms with Crippen LogP contribution in [-0.2, 0) is 9.59 Å². The van der Waals surface area contributed by atoms with Crippen molar-refractivity contribution in [3.05, 3.63) is 58.0 Å². The van der Waals surface area contributed by atoms with Gasteiger partial charge in [0.25, 0.3) is 5.91 Å². The van der Waals surface area contributed by atoms with Gasteiger partial charge in [-0.1, -0.05) is 41.6 Å². The molecule has 3 rings (SSSR count). The number of carboxylic acids is 1. The second-order valence-corrected chi connectivity index (χ2v) is 8.25. The number of anilines is 1. The number of urea groups is 1. The number of carboxylic acid groups (broad SMARTS) is 1. The summed E-state index contributed by atoms with van der Waals surface area (Å²) in [5.74, 6) is -1.43. The maximum Gasteiger partial charge on any atom is 0.341 e. The predicted octanol–water partition coefficient (Wildman–Crippen LogP) is 3.75. The third-order valence-electron chi connectivity index (χ3n) is 3.93. The molecule has 0 spiro atoms. The molecular formula is C20H16ClN3O6S2. The number of amides is 3. The lowest BCUT2D eigenvalue weighted by Gasteiger charge is -2.16. The Balaban J connectivity index is 1.75.